The molecule has 1 aromatic rings. The van der Waals surface area contributed by atoms with Crippen molar-refractivity contribution in [2.45, 2.75) is 57.5 Å². The molecule has 0 spiro atoms. The summed E-state index contributed by atoms with van der Waals surface area (Å²) < 4.78 is 57.9. The van der Waals surface area contributed by atoms with Crippen LogP contribution in [0.15, 0.2) is 18.2 Å². The lowest BCUT2D eigenvalue weighted by atomic mass is 9.83. The van der Waals surface area contributed by atoms with Crippen LogP contribution in [0, 0.1) is 11.7 Å². The predicted molar refractivity (Wildman–Crippen MR) is 95.8 cm³/mol. The van der Waals surface area contributed by atoms with Crippen molar-refractivity contribution in [1.29, 1.82) is 0 Å². The largest absolute Gasteiger partial charge is 0.419 e. The molecule has 1 saturated carbocycles. The number of carbonyl (C=O) groups is 1. The number of ether oxygens (including phenoxy) is 1. The molecule has 3 N–H and O–H groups in total. The number of nitrogens with one attached hydrogen (secondary N) is 1. The Balaban J connectivity index is 0.00000364. The molecule has 0 radical (unpaired) electrons. The Morgan fingerprint density at radius 3 is 2.67 bits per heavy atom. The molecule has 154 valence electrons. The van der Waals surface area contributed by atoms with Gasteiger partial charge in [-0.05, 0) is 31.7 Å². The molecule has 0 aliphatic heterocycles. The van der Waals surface area contributed by atoms with Gasteiger partial charge in [-0.15, -0.1) is 12.4 Å². The van der Waals surface area contributed by atoms with E-state index in [1.54, 1.807) is 0 Å². The summed E-state index contributed by atoms with van der Waals surface area (Å²) in [6, 6.07) is 2.90. The van der Waals surface area contributed by atoms with Crippen LogP contribution in [-0.4, -0.2) is 24.7 Å². The van der Waals surface area contributed by atoms with E-state index in [1.165, 1.54) is 6.07 Å². The third-order valence-electron chi connectivity index (χ3n) is 4.59. The van der Waals surface area contributed by atoms with E-state index in [0.717, 1.165) is 12.5 Å². The first-order valence-electron chi connectivity index (χ1n) is 8.73. The maximum Gasteiger partial charge on any atom is 0.419 e. The van der Waals surface area contributed by atoms with Crippen LogP contribution in [0.2, 0.25) is 0 Å². The number of benzene rings is 1. The van der Waals surface area contributed by atoms with Crippen molar-refractivity contribution in [2.24, 2.45) is 11.7 Å². The monoisotopic (exact) mass is 412 g/mol. The highest BCUT2D eigenvalue weighted by molar-refractivity contribution is 5.85. The summed E-state index contributed by atoms with van der Waals surface area (Å²) in [6.45, 7) is 2.24. The predicted octanol–water partition coefficient (Wildman–Crippen LogP) is 3.81. The van der Waals surface area contributed by atoms with Crippen molar-refractivity contribution >= 4 is 18.3 Å². The highest BCUT2D eigenvalue weighted by Gasteiger charge is 2.35. The van der Waals surface area contributed by atoms with Gasteiger partial charge >= 0.3 is 6.18 Å². The Bertz CT molecular complexity index is 628. The van der Waals surface area contributed by atoms with Crippen molar-refractivity contribution in [1.82, 2.24) is 5.32 Å². The van der Waals surface area contributed by atoms with Crippen LogP contribution in [0.25, 0.3) is 0 Å². The summed E-state index contributed by atoms with van der Waals surface area (Å²) in [4.78, 5) is 12.3. The van der Waals surface area contributed by atoms with E-state index >= 15 is 0 Å². The van der Waals surface area contributed by atoms with Gasteiger partial charge in [0.05, 0.1) is 11.7 Å². The quantitative estimate of drug-likeness (QED) is 0.698. The zero-order valence-corrected chi connectivity index (χ0v) is 15.8. The topological polar surface area (TPSA) is 64.3 Å². The zero-order chi connectivity index (χ0) is 19.3. The van der Waals surface area contributed by atoms with E-state index in [2.05, 4.69) is 5.32 Å². The molecule has 1 amide bonds. The van der Waals surface area contributed by atoms with E-state index in [1.807, 2.05) is 6.92 Å². The molecule has 0 heterocycles. The highest BCUT2D eigenvalue weighted by Crippen LogP contribution is 2.32. The molecule has 1 aromatic carbocycles. The van der Waals surface area contributed by atoms with Gasteiger partial charge < -0.3 is 15.8 Å². The molecule has 4 nitrogen and oxygen atoms in total. The number of hydrogen-bond donors (Lipinski definition) is 2. The van der Waals surface area contributed by atoms with E-state index in [0.29, 0.717) is 31.9 Å². The summed E-state index contributed by atoms with van der Waals surface area (Å²) in [5.41, 5.74) is 4.48. The molecule has 0 bridgehead atoms. The van der Waals surface area contributed by atoms with Gasteiger partial charge in [-0.2, -0.15) is 13.2 Å². The Kier molecular flexibility index (Phi) is 8.98. The molecule has 9 heteroatoms. The first kappa shape index (κ1) is 23.7. The fourth-order valence-electron chi connectivity index (χ4n) is 3.11. The Morgan fingerprint density at radius 1 is 1.33 bits per heavy atom. The molecular weight excluding hydrogens is 388 g/mol. The first-order valence-corrected chi connectivity index (χ1v) is 8.73. The first-order chi connectivity index (χ1) is 12.2. The maximum absolute atomic E-state index is 14.0. The lowest BCUT2D eigenvalue weighted by molar-refractivity contribution is -0.140. The molecule has 3 atom stereocenters. The fourth-order valence-corrected chi connectivity index (χ4v) is 3.11. The SMILES string of the molecule is CCCO[C@@H]1C[C@@H](C(=O)NCc2cccc(C(F)(F)F)c2F)CC[C@H]1N.Cl. The van der Waals surface area contributed by atoms with Crippen molar-refractivity contribution < 1.29 is 27.1 Å². The van der Waals surface area contributed by atoms with Gasteiger partial charge in [0.15, 0.2) is 0 Å². The van der Waals surface area contributed by atoms with Crippen LogP contribution in [-0.2, 0) is 22.3 Å². The van der Waals surface area contributed by atoms with Gasteiger partial charge in [-0.1, -0.05) is 19.1 Å². The van der Waals surface area contributed by atoms with Crippen LogP contribution >= 0.6 is 12.4 Å². The number of halogens is 5. The van der Waals surface area contributed by atoms with Gasteiger partial charge in [0.2, 0.25) is 5.91 Å². The lowest BCUT2D eigenvalue weighted by Crippen LogP contribution is -2.45. The molecule has 0 unspecified atom stereocenters. The van der Waals surface area contributed by atoms with Crippen molar-refractivity contribution in [3.05, 3.63) is 35.1 Å². The number of alkyl halides is 3. The Morgan fingerprint density at radius 2 is 2.04 bits per heavy atom. The number of rotatable bonds is 6. The molecule has 1 fully saturated rings. The highest BCUT2D eigenvalue weighted by atomic mass is 35.5. The van der Waals surface area contributed by atoms with Crippen LogP contribution in [0.3, 0.4) is 0 Å². The number of amides is 1. The molecule has 27 heavy (non-hydrogen) atoms. The Hall–Kier alpha value is -1.38. The number of nitrogens with two attached hydrogens (primary N) is 1. The van der Waals surface area contributed by atoms with E-state index in [9.17, 15) is 22.4 Å². The summed E-state index contributed by atoms with van der Waals surface area (Å²) in [5, 5.41) is 2.54. The standard InChI is InChI=1S/C18H24F4N2O2.ClH/c1-2-8-26-15-9-11(6-7-14(15)23)17(25)24-10-12-4-3-5-13(16(12)19)18(20,21)22;/h3-5,11,14-15H,2,6-10,23H2,1H3,(H,24,25);1H/t11-,14+,15+;/m0./s1. The summed E-state index contributed by atoms with van der Waals surface area (Å²) >= 11 is 0. The van der Waals surface area contributed by atoms with Crippen molar-refractivity contribution in [2.75, 3.05) is 6.61 Å². The van der Waals surface area contributed by atoms with Crippen LogP contribution in [0.5, 0.6) is 0 Å². The normalized spacial score (nSPS) is 22.8. The maximum atomic E-state index is 14.0. The molecule has 1 aliphatic rings. The minimum atomic E-state index is -4.77. The van der Waals surface area contributed by atoms with Gasteiger partial charge in [-0.3, -0.25) is 4.79 Å². The van der Waals surface area contributed by atoms with Gasteiger partial charge in [0, 0.05) is 30.7 Å². The smallest absolute Gasteiger partial charge is 0.377 e. The third kappa shape index (κ3) is 6.33. The average molecular weight is 413 g/mol. The van der Waals surface area contributed by atoms with E-state index < -0.39 is 17.6 Å². The van der Waals surface area contributed by atoms with Crippen LogP contribution in [0.1, 0.15) is 43.7 Å². The summed E-state index contributed by atoms with van der Waals surface area (Å²) in [7, 11) is 0. The third-order valence-corrected chi connectivity index (χ3v) is 4.59. The lowest BCUT2D eigenvalue weighted by Gasteiger charge is -2.33. The summed E-state index contributed by atoms with van der Waals surface area (Å²) in [6.07, 6.45) is -2.49. The second-order valence-corrected chi connectivity index (χ2v) is 6.58. The molecule has 2 rings (SSSR count). The minimum Gasteiger partial charge on any atom is -0.377 e. The number of hydrogen-bond acceptors (Lipinski definition) is 3. The molecule has 0 aromatic heterocycles. The zero-order valence-electron chi connectivity index (χ0n) is 15.0. The van der Waals surface area contributed by atoms with E-state index in [-0.39, 0.29) is 48.5 Å². The minimum absolute atomic E-state index is 0. The second kappa shape index (κ2) is 10.2. The molecule has 0 saturated heterocycles. The second-order valence-electron chi connectivity index (χ2n) is 6.58. The van der Waals surface area contributed by atoms with Crippen LogP contribution in [0.4, 0.5) is 17.6 Å². The van der Waals surface area contributed by atoms with Gasteiger partial charge in [0.25, 0.3) is 0 Å². The average Bonchev–Trinajstić information content (AvgIpc) is 2.58. The summed E-state index contributed by atoms with van der Waals surface area (Å²) in [5.74, 6) is -2.01. The fraction of sp³-hybridized carbons (Fsp3) is 0.611. The van der Waals surface area contributed by atoms with Crippen molar-refractivity contribution in [3.8, 4) is 0 Å². The Labute approximate surface area is 162 Å². The number of carbonyl (C=O) groups excluding carboxylic acids is 1. The van der Waals surface area contributed by atoms with E-state index in [4.69, 9.17) is 10.5 Å². The van der Waals surface area contributed by atoms with Gasteiger partial charge in [0.1, 0.15) is 5.82 Å². The molecular formula is C18H25ClF4N2O2. The molecule has 1 aliphatic carbocycles. The van der Waals surface area contributed by atoms with Crippen molar-refractivity contribution in [3.63, 3.8) is 0 Å². The van der Waals surface area contributed by atoms with Gasteiger partial charge in [-0.25, -0.2) is 4.39 Å². The van der Waals surface area contributed by atoms with Crippen LogP contribution < -0.4 is 11.1 Å².